The first-order chi connectivity index (χ1) is 13.0. The first-order valence-electron chi connectivity index (χ1n) is 8.19. The van der Waals surface area contributed by atoms with E-state index in [1.807, 2.05) is 18.2 Å². The van der Waals surface area contributed by atoms with Crippen LogP contribution in [0.15, 0.2) is 72.8 Å². The smallest absolute Gasteiger partial charge is 0.266 e. The highest BCUT2D eigenvalue weighted by molar-refractivity contribution is 14.1. The maximum Gasteiger partial charge on any atom is 0.266 e. The summed E-state index contributed by atoms with van der Waals surface area (Å²) in [7, 11) is 0. The molecule has 4 rings (SSSR count). The number of hydrogen-bond donors (Lipinski definition) is 1. The zero-order chi connectivity index (χ0) is 19.0. The zero-order valence-corrected chi connectivity index (χ0v) is 16.1. The number of amides is 3. The van der Waals surface area contributed by atoms with E-state index in [0.29, 0.717) is 22.5 Å². The molecule has 0 bridgehead atoms. The third-order valence-corrected chi connectivity index (χ3v) is 4.98. The Morgan fingerprint density at radius 1 is 0.815 bits per heavy atom. The van der Waals surface area contributed by atoms with E-state index in [-0.39, 0.29) is 17.4 Å². The standard InChI is InChI=1S/C21H13IN2O3/c22-14-6-9-16(10-7-14)24-20(26)17-11-8-15(12-18(17)21(24)27)23-19(25)13-4-2-1-3-5-13/h1-12H,(H,23,25). The Bertz CT molecular complexity index is 1060. The first-order valence-corrected chi connectivity index (χ1v) is 9.27. The lowest BCUT2D eigenvalue weighted by molar-refractivity contribution is 0.0924. The minimum Gasteiger partial charge on any atom is -0.322 e. The number of fused-ring (bicyclic) bond motifs is 1. The summed E-state index contributed by atoms with van der Waals surface area (Å²) in [6.45, 7) is 0. The van der Waals surface area contributed by atoms with E-state index < -0.39 is 5.91 Å². The van der Waals surface area contributed by atoms with Gasteiger partial charge in [-0.2, -0.15) is 0 Å². The van der Waals surface area contributed by atoms with Gasteiger partial charge < -0.3 is 5.32 Å². The molecular weight excluding hydrogens is 455 g/mol. The zero-order valence-electron chi connectivity index (χ0n) is 14.0. The van der Waals surface area contributed by atoms with Gasteiger partial charge in [-0.3, -0.25) is 14.4 Å². The third kappa shape index (κ3) is 3.23. The Hall–Kier alpha value is -3.00. The molecule has 0 atom stereocenters. The number of nitrogens with zero attached hydrogens (tertiary/aromatic N) is 1. The van der Waals surface area contributed by atoms with E-state index in [2.05, 4.69) is 27.9 Å². The van der Waals surface area contributed by atoms with Gasteiger partial charge in [0.25, 0.3) is 17.7 Å². The molecule has 0 spiro atoms. The van der Waals surface area contributed by atoms with E-state index in [4.69, 9.17) is 0 Å². The van der Waals surface area contributed by atoms with Crippen LogP contribution in [0.5, 0.6) is 0 Å². The molecule has 1 N–H and O–H groups in total. The third-order valence-electron chi connectivity index (χ3n) is 4.27. The molecule has 1 aliphatic heterocycles. The number of carbonyl (C=O) groups excluding carboxylic acids is 3. The molecule has 0 saturated carbocycles. The lowest BCUT2D eigenvalue weighted by Crippen LogP contribution is -2.29. The van der Waals surface area contributed by atoms with Crippen molar-refractivity contribution < 1.29 is 14.4 Å². The maximum atomic E-state index is 12.8. The Balaban J connectivity index is 1.62. The number of rotatable bonds is 3. The van der Waals surface area contributed by atoms with Crippen molar-refractivity contribution in [1.82, 2.24) is 0 Å². The largest absolute Gasteiger partial charge is 0.322 e. The summed E-state index contributed by atoms with van der Waals surface area (Å²) in [4.78, 5) is 38.9. The van der Waals surface area contributed by atoms with Crippen molar-refractivity contribution in [2.75, 3.05) is 10.2 Å². The van der Waals surface area contributed by atoms with Gasteiger partial charge >= 0.3 is 0 Å². The summed E-state index contributed by atoms with van der Waals surface area (Å²) >= 11 is 2.16. The lowest BCUT2D eigenvalue weighted by atomic mass is 10.1. The van der Waals surface area contributed by atoms with E-state index in [0.717, 1.165) is 8.47 Å². The number of benzene rings is 3. The van der Waals surface area contributed by atoms with Crippen LogP contribution in [0.4, 0.5) is 11.4 Å². The molecule has 3 aromatic rings. The molecule has 27 heavy (non-hydrogen) atoms. The molecule has 0 fully saturated rings. The molecule has 0 aromatic heterocycles. The second-order valence-corrected chi connectivity index (χ2v) is 7.25. The number of carbonyl (C=O) groups is 3. The highest BCUT2D eigenvalue weighted by Gasteiger charge is 2.36. The van der Waals surface area contributed by atoms with Crippen LogP contribution in [0.2, 0.25) is 0 Å². The second-order valence-electron chi connectivity index (χ2n) is 6.00. The predicted molar refractivity (Wildman–Crippen MR) is 111 cm³/mol. The van der Waals surface area contributed by atoms with Gasteiger partial charge in [-0.25, -0.2) is 4.90 Å². The van der Waals surface area contributed by atoms with Crippen LogP contribution < -0.4 is 10.2 Å². The monoisotopic (exact) mass is 468 g/mol. The quantitative estimate of drug-likeness (QED) is 0.460. The SMILES string of the molecule is O=C(Nc1ccc2c(c1)C(=O)N(c1ccc(I)cc1)C2=O)c1ccccc1. The number of anilines is 2. The van der Waals surface area contributed by atoms with Gasteiger partial charge in [-0.15, -0.1) is 0 Å². The molecule has 0 radical (unpaired) electrons. The molecule has 0 aliphatic carbocycles. The highest BCUT2D eigenvalue weighted by atomic mass is 127. The summed E-state index contributed by atoms with van der Waals surface area (Å²) in [5, 5.41) is 2.76. The van der Waals surface area contributed by atoms with Gasteiger partial charge in [0, 0.05) is 14.8 Å². The van der Waals surface area contributed by atoms with Crippen LogP contribution in [0.1, 0.15) is 31.1 Å². The molecule has 1 aliphatic rings. The summed E-state index contributed by atoms with van der Waals surface area (Å²) in [5.74, 6) is -1.04. The van der Waals surface area contributed by atoms with Crippen molar-refractivity contribution >= 4 is 51.7 Å². The van der Waals surface area contributed by atoms with E-state index in [1.54, 1.807) is 54.6 Å². The van der Waals surface area contributed by atoms with Crippen LogP contribution in [-0.4, -0.2) is 17.7 Å². The van der Waals surface area contributed by atoms with Crippen molar-refractivity contribution in [2.45, 2.75) is 0 Å². The average Bonchev–Trinajstić information content (AvgIpc) is 2.93. The normalized spacial score (nSPS) is 12.9. The van der Waals surface area contributed by atoms with Crippen molar-refractivity contribution in [3.63, 3.8) is 0 Å². The van der Waals surface area contributed by atoms with Crippen LogP contribution in [0, 0.1) is 3.57 Å². The van der Waals surface area contributed by atoms with Crippen molar-refractivity contribution in [3.05, 3.63) is 93.1 Å². The fourth-order valence-corrected chi connectivity index (χ4v) is 3.30. The van der Waals surface area contributed by atoms with E-state index in [9.17, 15) is 14.4 Å². The van der Waals surface area contributed by atoms with Crippen LogP contribution in [0.3, 0.4) is 0 Å². The van der Waals surface area contributed by atoms with Gasteiger partial charge in [0.05, 0.1) is 16.8 Å². The summed E-state index contributed by atoms with van der Waals surface area (Å²) < 4.78 is 1.01. The van der Waals surface area contributed by atoms with Crippen molar-refractivity contribution in [3.8, 4) is 0 Å². The molecule has 3 amide bonds. The van der Waals surface area contributed by atoms with Crippen LogP contribution in [0.25, 0.3) is 0 Å². The fourth-order valence-electron chi connectivity index (χ4n) is 2.94. The minimum atomic E-state index is -0.396. The van der Waals surface area contributed by atoms with Crippen molar-refractivity contribution in [1.29, 1.82) is 0 Å². The average molecular weight is 468 g/mol. The number of nitrogens with one attached hydrogen (secondary N) is 1. The molecule has 0 saturated heterocycles. The molecule has 6 heteroatoms. The Morgan fingerprint density at radius 3 is 2.19 bits per heavy atom. The Labute approximate surface area is 169 Å². The van der Waals surface area contributed by atoms with Crippen LogP contribution in [-0.2, 0) is 0 Å². The van der Waals surface area contributed by atoms with E-state index in [1.165, 1.54) is 0 Å². The number of halogens is 1. The van der Waals surface area contributed by atoms with Gasteiger partial charge in [0.1, 0.15) is 0 Å². The highest BCUT2D eigenvalue weighted by Crippen LogP contribution is 2.30. The summed E-state index contributed by atoms with van der Waals surface area (Å²) in [6, 6.07) is 20.7. The number of hydrogen-bond acceptors (Lipinski definition) is 3. The summed E-state index contributed by atoms with van der Waals surface area (Å²) in [6.07, 6.45) is 0. The van der Waals surface area contributed by atoms with Crippen molar-refractivity contribution in [2.24, 2.45) is 0 Å². The van der Waals surface area contributed by atoms with Gasteiger partial charge in [-0.05, 0) is 77.2 Å². The molecule has 5 nitrogen and oxygen atoms in total. The predicted octanol–water partition coefficient (Wildman–Crippen LogP) is 4.34. The first kappa shape index (κ1) is 17.4. The molecule has 1 heterocycles. The molecule has 0 unspecified atom stereocenters. The van der Waals surface area contributed by atoms with Crippen LogP contribution >= 0.6 is 22.6 Å². The summed E-state index contributed by atoms with van der Waals surface area (Å²) in [5.41, 5.74) is 2.12. The van der Waals surface area contributed by atoms with Gasteiger partial charge in [0.15, 0.2) is 0 Å². The lowest BCUT2D eigenvalue weighted by Gasteiger charge is -2.13. The fraction of sp³-hybridized carbons (Fsp3) is 0. The molecule has 132 valence electrons. The topological polar surface area (TPSA) is 66.5 Å². The Morgan fingerprint density at radius 2 is 1.48 bits per heavy atom. The van der Waals surface area contributed by atoms with E-state index >= 15 is 0 Å². The molecule has 3 aromatic carbocycles. The second kappa shape index (κ2) is 6.96. The maximum absolute atomic E-state index is 12.8. The van der Waals surface area contributed by atoms with Gasteiger partial charge in [0.2, 0.25) is 0 Å². The number of imide groups is 1. The minimum absolute atomic E-state index is 0.276. The van der Waals surface area contributed by atoms with Gasteiger partial charge in [-0.1, -0.05) is 18.2 Å². The Kier molecular flexibility index (Phi) is 4.49. The molecular formula is C21H13IN2O3.